The first-order valence-electron chi connectivity index (χ1n) is 6.08. The highest BCUT2D eigenvalue weighted by molar-refractivity contribution is 5.90. The van der Waals surface area contributed by atoms with Crippen LogP contribution in [0.5, 0.6) is 0 Å². The van der Waals surface area contributed by atoms with Crippen LogP contribution in [0, 0.1) is 13.8 Å². The maximum atomic E-state index is 11.9. The summed E-state index contributed by atoms with van der Waals surface area (Å²) in [5.41, 5.74) is 3.13. The van der Waals surface area contributed by atoms with Gasteiger partial charge < -0.3 is 10.6 Å². The number of amides is 2. The highest BCUT2D eigenvalue weighted by atomic mass is 16.2. The SMILES string of the molecule is Cc1n[nH]c(C)c1NC(=O)N[C@@H](C)c1ccccn1. The van der Waals surface area contributed by atoms with Crippen molar-refractivity contribution in [2.45, 2.75) is 26.8 Å². The Kier molecular flexibility index (Phi) is 3.79. The number of aromatic amines is 1. The summed E-state index contributed by atoms with van der Waals surface area (Å²) in [4.78, 5) is 16.1. The molecule has 1 atom stereocenters. The van der Waals surface area contributed by atoms with Crippen LogP contribution in [-0.2, 0) is 0 Å². The number of aromatic nitrogens is 3. The van der Waals surface area contributed by atoms with Gasteiger partial charge >= 0.3 is 6.03 Å². The van der Waals surface area contributed by atoms with Crippen LogP contribution in [0.1, 0.15) is 30.0 Å². The van der Waals surface area contributed by atoms with Crippen LogP contribution in [0.2, 0.25) is 0 Å². The van der Waals surface area contributed by atoms with Crippen molar-refractivity contribution in [3.05, 3.63) is 41.5 Å². The van der Waals surface area contributed by atoms with Gasteiger partial charge in [-0.3, -0.25) is 10.1 Å². The van der Waals surface area contributed by atoms with Gasteiger partial charge in [-0.2, -0.15) is 5.10 Å². The van der Waals surface area contributed by atoms with Gasteiger partial charge in [-0.25, -0.2) is 4.79 Å². The van der Waals surface area contributed by atoms with Crippen molar-refractivity contribution in [2.75, 3.05) is 5.32 Å². The molecule has 0 radical (unpaired) electrons. The molecule has 0 saturated carbocycles. The summed E-state index contributed by atoms with van der Waals surface area (Å²) in [6.07, 6.45) is 1.70. The molecule has 2 rings (SSSR count). The minimum atomic E-state index is -0.272. The van der Waals surface area contributed by atoms with Gasteiger partial charge in [0, 0.05) is 6.20 Å². The van der Waals surface area contributed by atoms with E-state index in [1.165, 1.54) is 0 Å². The van der Waals surface area contributed by atoms with E-state index in [4.69, 9.17) is 0 Å². The molecule has 6 nitrogen and oxygen atoms in total. The molecule has 100 valence electrons. The van der Waals surface area contributed by atoms with Gasteiger partial charge in [0.2, 0.25) is 0 Å². The second-order valence-electron chi connectivity index (χ2n) is 4.38. The smallest absolute Gasteiger partial charge is 0.319 e. The predicted molar refractivity (Wildman–Crippen MR) is 72.9 cm³/mol. The van der Waals surface area contributed by atoms with Crippen LogP contribution in [0.25, 0.3) is 0 Å². The van der Waals surface area contributed by atoms with E-state index in [2.05, 4.69) is 25.8 Å². The largest absolute Gasteiger partial charge is 0.330 e. The first kappa shape index (κ1) is 13.1. The number of carbonyl (C=O) groups excluding carboxylic acids is 1. The molecule has 3 N–H and O–H groups in total. The monoisotopic (exact) mass is 259 g/mol. The van der Waals surface area contributed by atoms with Crippen molar-refractivity contribution in [2.24, 2.45) is 0 Å². The lowest BCUT2D eigenvalue weighted by molar-refractivity contribution is 0.249. The molecule has 0 aliphatic heterocycles. The lowest BCUT2D eigenvalue weighted by atomic mass is 10.2. The zero-order valence-corrected chi connectivity index (χ0v) is 11.2. The van der Waals surface area contributed by atoms with Gasteiger partial charge in [-0.15, -0.1) is 0 Å². The molecule has 2 aromatic heterocycles. The first-order valence-corrected chi connectivity index (χ1v) is 6.08. The van der Waals surface area contributed by atoms with Crippen LogP contribution in [0.4, 0.5) is 10.5 Å². The molecule has 0 aliphatic rings. The van der Waals surface area contributed by atoms with Gasteiger partial charge in [0.15, 0.2) is 0 Å². The second kappa shape index (κ2) is 5.51. The maximum Gasteiger partial charge on any atom is 0.319 e. The minimum Gasteiger partial charge on any atom is -0.330 e. The Labute approximate surface area is 111 Å². The molecule has 6 heteroatoms. The van der Waals surface area contributed by atoms with Crippen molar-refractivity contribution < 1.29 is 4.79 Å². The molecule has 2 heterocycles. The maximum absolute atomic E-state index is 11.9. The van der Waals surface area contributed by atoms with Crippen molar-refractivity contribution in [1.29, 1.82) is 0 Å². The third-order valence-electron chi connectivity index (χ3n) is 2.85. The van der Waals surface area contributed by atoms with Crippen LogP contribution in [0.3, 0.4) is 0 Å². The fraction of sp³-hybridized carbons (Fsp3) is 0.308. The number of carbonyl (C=O) groups is 1. The molecule has 0 bridgehead atoms. The Morgan fingerprint density at radius 3 is 2.74 bits per heavy atom. The molecular weight excluding hydrogens is 242 g/mol. The Hall–Kier alpha value is -2.37. The number of pyridine rings is 1. The van der Waals surface area contributed by atoms with Crippen molar-refractivity contribution in [3.63, 3.8) is 0 Å². The fourth-order valence-electron chi connectivity index (χ4n) is 1.79. The number of nitrogens with one attached hydrogen (secondary N) is 3. The van der Waals surface area contributed by atoms with Crippen molar-refractivity contribution in [3.8, 4) is 0 Å². The highest BCUT2D eigenvalue weighted by Crippen LogP contribution is 2.16. The van der Waals surface area contributed by atoms with Crippen LogP contribution >= 0.6 is 0 Å². The quantitative estimate of drug-likeness (QED) is 0.791. The lowest BCUT2D eigenvalue weighted by Gasteiger charge is -2.14. The summed E-state index contributed by atoms with van der Waals surface area (Å²) in [6, 6.07) is 5.18. The van der Waals surface area contributed by atoms with E-state index < -0.39 is 0 Å². The fourth-order valence-corrected chi connectivity index (χ4v) is 1.79. The van der Waals surface area contributed by atoms with Crippen molar-refractivity contribution >= 4 is 11.7 Å². The lowest BCUT2D eigenvalue weighted by Crippen LogP contribution is -2.31. The minimum absolute atomic E-state index is 0.159. The molecule has 0 saturated heterocycles. The van der Waals surface area contributed by atoms with Gasteiger partial charge in [-0.05, 0) is 32.9 Å². The number of hydrogen-bond donors (Lipinski definition) is 3. The molecule has 2 aromatic rings. The Morgan fingerprint density at radius 1 is 1.37 bits per heavy atom. The molecule has 2 amide bonds. The molecule has 19 heavy (non-hydrogen) atoms. The Bertz CT molecular complexity index is 544. The van der Waals surface area contributed by atoms with Gasteiger partial charge in [0.25, 0.3) is 0 Å². The first-order chi connectivity index (χ1) is 9.08. The summed E-state index contributed by atoms with van der Waals surface area (Å²) < 4.78 is 0. The number of H-pyrrole nitrogens is 1. The van der Waals surface area contributed by atoms with E-state index in [1.807, 2.05) is 39.0 Å². The molecule has 0 aliphatic carbocycles. The van der Waals surface area contributed by atoms with E-state index in [1.54, 1.807) is 6.20 Å². The standard InChI is InChI=1S/C13H17N5O/c1-8(11-6-4-5-7-14-11)15-13(19)16-12-9(2)17-18-10(12)3/h4-8H,1-3H3,(H,17,18)(H2,15,16,19)/t8-/m0/s1. The molecule has 0 aromatic carbocycles. The normalized spacial score (nSPS) is 11.9. The van der Waals surface area contributed by atoms with E-state index in [0.29, 0.717) is 5.69 Å². The predicted octanol–water partition coefficient (Wildman–Crippen LogP) is 2.30. The van der Waals surface area contributed by atoms with Crippen LogP contribution < -0.4 is 10.6 Å². The van der Waals surface area contributed by atoms with E-state index in [-0.39, 0.29) is 12.1 Å². The molecular formula is C13H17N5O. The number of urea groups is 1. The Balaban J connectivity index is 1.99. The number of aryl methyl sites for hydroxylation is 2. The van der Waals surface area contributed by atoms with Crippen LogP contribution in [-0.4, -0.2) is 21.2 Å². The third kappa shape index (κ3) is 3.09. The van der Waals surface area contributed by atoms with E-state index in [0.717, 1.165) is 17.1 Å². The zero-order chi connectivity index (χ0) is 13.8. The van der Waals surface area contributed by atoms with Gasteiger partial charge in [0.1, 0.15) is 0 Å². The highest BCUT2D eigenvalue weighted by Gasteiger charge is 2.13. The molecule has 0 spiro atoms. The second-order valence-corrected chi connectivity index (χ2v) is 4.38. The topological polar surface area (TPSA) is 82.7 Å². The molecule has 0 unspecified atom stereocenters. The number of anilines is 1. The summed E-state index contributed by atoms with van der Waals surface area (Å²) >= 11 is 0. The number of rotatable bonds is 3. The average Bonchev–Trinajstić information content (AvgIpc) is 2.71. The number of hydrogen-bond acceptors (Lipinski definition) is 3. The average molecular weight is 259 g/mol. The van der Waals surface area contributed by atoms with Crippen LogP contribution in [0.15, 0.2) is 24.4 Å². The summed E-state index contributed by atoms with van der Waals surface area (Å²) in [7, 11) is 0. The number of nitrogens with zero attached hydrogens (tertiary/aromatic N) is 2. The van der Waals surface area contributed by atoms with Gasteiger partial charge in [0.05, 0.1) is 28.8 Å². The summed E-state index contributed by atoms with van der Waals surface area (Å²) in [6.45, 7) is 5.58. The third-order valence-corrected chi connectivity index (χ3v) is 2.85. The van der Waals surface area contributed by atoms with Crippen molar-refractivity contribution in [1.82, 2.24) is 20.5 Å². The summed E-state index contributed by atoms with van der Waals surface area (Å²) in [5.74, 6) is 0. The van der Waals surface area contributed by atoms with E-state index in [9.17, 15) is 4.79 Å². The Morgan fingerprint density at radius 2 is 2.16 bits per heavy atom. The summed E-state index contributed by atoms with van der Waals surface area (Å²) in [5, 5.41) is 12.5. The van der Waals surface area contributed by atoms with E-state index >= 15 is 0 Å². The zero-order valence-electron chi connectivity index (χ0n) is 11.2. The molecule has 0 fully saturated rings. The van der Waals surface area contributed by atoms with Gasteiger partial charge in [-0.1, -0.05) is 6.07 Å².